The minimum absolute atomic E-state index is 0.192. The van der Waals surface area contributed by atoms with E-state index in [1.54, 1.807) is 0 Å². The van der Waals surface area contributed by atoms with Gasteiger partial charge in [-0.1, -0.05) is 10.3 Å². The lowest BCUT2D eigenvalue weighted by molar-refractivity contribution is -0.140. The van der Waals surface area contributed by atoms with Gasteiger partial charge in [0.1, 0.15) is 21.2 Å². The van der Waals surface area contributed by atoms with E-state index in [1.165, 1.54) is 29.8 Å². The van der Waals surface area contributed by atoms with Gasteiger partial charge in [0.2, 0.25) is 11.8 Å². The second-order valence-corrected chi connectivity index (χ2v) is 8.13. The first kappa shape index (κ1) is 20.9. The molecular formula is C17H18N4O6S2. The Morgan fingerprint density at radius 1 is 0.897 bits per heavy atom. The molecule has 0 N–H and O–H groups in total. The lowest BCUT2D eigenvalue weighted by atomic mass is 10.2. The van der Waals surface area contributed by atoms with Crippen LogP contribution in [0, 0.1) is 13.8 Å². The summed E-state index contributed by atoms with van der Waals surface area (Å²) >= 11 is 2.89. The van der Waals surface area contributed by atoms with Gasteiger partial charge < -0.3 is 19.1 Å². The van der Waals surface area contributed by atoms with Crippen LogP contribution in [-0.2, 0) is 19.3 Å². The second kappa shape index (κ2) is 9.09. The number of nitrogens with zero attached hydrogens (tertiary/aromatic N) is 4. The van der Waals surface area contributed by atoms with Gasteiger partial charge in [-0.05, 0) is 20.8 Å². The Hall–Kier alpha value is -2.86. The molecule has 12 heteroatoms. The molecular weight excluding hydrogens is 420 g/mol. The Morgan fingerprint density at radius 2 is 1.38 bits per heavy atom. The number of oxime groups is 2. The van der Waals surface area contributed by atoms with Crippen LogP contribution in [0.15, 0.2) is 10.3 Å². The molecule has 4 rings (SSSR count). The summed E-state index contributed by atoms with van der Waals surface area (Å²) in [6.07, 6.45) is 0.389. The first-order chi connectivity index (χ1) is 13.9. The van der Waals surface area contributed by atoms with Crippen molar-refractivity contribution >= 4 is 46.0 Å². The van der Waals surface area contributed by atoms with Gasteiger partial charge in [-0.25, -0.2) is 19.6 Å². The molecule has 0 radical (unpaired) electrons. The number of aryl methyl sites for hydroxylation is 2. The average Bonchev–Trinajstić information content (AvgIpc) is 3.44. The van der Waals surface area contributed by atoms with Gasteiger partial charge in [-0.2, -0.15) is 0 Å². The van der Waals surface area contributed by atoms with Gasteiger partial charge >= 0.3 is 11.9 Å². The topological polar surface area (TPSA) is 122 Å². The quantitative estimate of drug-likeness (QED) is 0.653. The molecule has 0 saturated carbocycles. The monoisotopic (exact) mass is 438 g/mol. The minimum Gasteiger partial charge on any atom is -0.480 e. The molecule has 154 valence electrons. The molecule has 10 nitrogen and oxygen atoms in total. The largest absolute Gasteiger partial charge is 0.480 e. The Balaban J connectivity index is 0.000000166. The number of aromatic nitrogens is 2. The third-order valence-electron chi connectivity index (χ3n) is 3.54. The molecule has 2 aliphatic heterocycles. The van der Waals surface area contributed by atoms with E-state index in [2.05, 4.69) is 30.0 Å². The van der Waals surface area contributed by atoms with Gasteiger partial charge in [-0.15, -0.1) is 22.7 Å². The fourth-order valence-corrected chi connectivity index (χ4v) is 4.12. The van der Waals surface area contributed by atoms with Crippen LogP contribution in [0.25, 0.3) is 0 Å². The Kier molecular flexibility index (Phi) is 6.54. The second-order valence-electron chi connectivity index (χ2n) is 5.73. The van der Waals surface area contributed by atoms with E-state index in [9.17, 15) is 9.59 Å². The van der Waals surface area contributed by atoms with E-state index in [1.807, 2.05) is 20.8 Å². The fourth-order valence-electron chi connectivity index (χ4n) is 2.41. The van der Waals surface area contributed by atoms with Gasteiger partial charge in [-0.3, -0.25) is 0 Å². The van der Waals surface area contributed by atoms with Crippen molar-refractivity contribution in [3.8, 4) is 11.8 Å². The molecule has 2 aromatic heterocycles. The van der Waals surface area contributed by atoms with Crippen molar-refractivity contribution in [1.82, 2.24) is 9.97 Å². The zero-order valence-electron chi connectivity index (χ0n) is 16.2. The van der Waals surface area contributed by atoms with Crippen LogP contribution in [0.3, 0.4) is 0 Å². The van der Waals surface area contributed by atoms with E-state index in [0.717, 1.165) is 19.8 Å². The molecule has 0 saturated heterocycles. The molecule has 0 atom stereocenters. The summed E-state index contributed by atoms with van der Waals surface area (Å²) in [6, 6.07) is 0. The number of carbonyl (C=O) groups excluding carboxylic acids is 2. The summed E-state index contributed by atoms with van der Waals surface area (Å²) in [5, 5.41) is 9.13. The number of rotatable bonds is 5. The van der Waals surface area contributed by atoms with Crippen LogP contribution in [0.1, 0.15) is 39.5 Å². The van der Waals surface area contributed by atoms with Crippen molar-refractivity contribution in [3.05, 3.63) is 19.8 Å². The highest BCUT2D eigenvalue weighted by atomic mass is 32.1. The van der Waals surface area contributed by atoms with Crippen LogP contribution in [0.4, 0.5) is 0 Å². The van der Waals surface area contributed by atoms with E-state index in [4.69, 9.17) is 9.47 Å². The molecule has 0 fully saturated rings. The third-order valence-corrected chi connectivity index (χ3v) is 5.55. The molecule has 2 aliphatic rings. The maximum Gasteiger partial charge on any atom is 0.341 e. The van der Waals surface area contributed by atoms with E-state index in [-0.39, 0.29) is 24.8 Å². The highest BCUT2D eigenvalue weighted by Crippen LogP contribution is 2.29. The van der Waals surface area contributed by atoms with Crippen LogP contribution >= 0.6 is 22.7 Å². The molecule has 0 spiro atoms. The summed E-state index contributed by atoms with van der Waals surface area (Å²) in [4.78, 5) is 40.7. The normalized spacial score (nSPS) is 15.2. The lowest BCUT2D eigenvalue weighted by Crippen LogP contribution is -2.02. The smallest absolute Gasteiger partial charge is 0.341 e. The van der Waals surface area contributed by atoms with Crippen LogP contribution in [0.2, 0.25) is 0 Å². The number of thiazole rings is 2. The van der Waals surface area contributed by atoms with Gasteiger partial charge in [0, 0.05) is 0 Å². The predicted molar refractivity (Wildman–Crippen MR) is 106 cm³/mol. The van der Waals surface area contributed by atoms with E-state index < -0.39 is 0 Å². The van der Waals surface area contributed by atoms with Gasteiger partial charge in [0.25, 0.3) is 0 Å². The van der Waals surface area contributed by atoms with Crippen molar-refractivity contribution < 1.29 is 28.7 Å². The first-order valence-corrected chi connectivity index (χ1v) is 10.2. The molecule has 0 bridgehead atoms. The molecule has 29 heavy (non-hydrogen) atoms. The van der Waals surface area contributed by atoms with Crippen molar-refractivity contribution in [2.24, 2.45) is 10.3 Å². The Bertz CT molecular complexity index is 994. The number of methoxy groups -OCH3 is 1. The summed E-state index contributed by atoms with van der Waals surface area (Å²) in [5.74, 6) is 0.369. The number of ether oxygens (including phenoxy) is 2. The number of hydrogen-bond acceptors (Lipinski definition) is 12. The molecule has 2 aromatic rings. The number of hydrogen-bond donors (Lipinski definition) is 0. The van der Waals surface area contributed by atoms with Crippen molar-refractivity contribution in [2.75, 3.05) is 13.7 Å². The molecule has 0 aliphatic carbocycles. The first-order valence-electron chi connectivity index (χ1n) is 8.57. The molecule has 0 aromatic carbocycles. The summed E-state index contributed by atoms with van der Waals surface area (Å²) in [7, 11) is 1.54. The van der Waals surface area contributed by atoms with Crippen molar-refractivity contribution in [2.45, 2.75) is 33.6 Å². The zero-order chi connectivity index (χ0) is 21.0. The predicted octanol–water partition coefficient (Wildman–Crippen LogP) is 2.61. The molecule has 4 heterocycles. The fraction of sp³-hybridized carbons (Fsp3) is 0.412. The summed E-state index contributed by atoms with van der Waals surface area (Å²) < 4.78 is 10.4. The van der Waals surface area contributed by atoms with Crippen molar-refractivity contribution in [1.29, 1.82) is 0 Å². The number of carbonyl (C=O) groups is 2. The Labute approximate surface area is 174 Å². The van der Waals surface area contributed by atoms with Crippen molar-refractivity contribution in [3.63, 3.8) is 0 Å². The third kappa shape index (κ3) is 4.95. The molecule has 0 amide bonds. The maximum absolute atomic E-state index is 10.9. The SMILES string of the molecule is CCOc1nc(C)sc1C1=NOC(=O)C1.COc1nc(C)sc1C1=NOC(=O)C1. The zero-order valence-corrected chi connectivity index (χ0v) is 17.8. The van der Waals surface area contributed by atoms with E-state index >= 15 is 0 Å². The molecule has 0 unspecified atom stereocenters. The van der Waals surface area contributed by atoms with E-state index in [0.29, 0.717) is 29.8 Å². The van der Waals surface area contributed by atoms with Crippen LogP contribution in [0.5, 0.6) is 11.8 Å². The Morgan fingerprint density at radius 3 is 1.79 bits per heavy atom. The minimum atomic E-state index is -0.340. The maximum atomic E-state index is 10.9. The lowest BCUT2D eigenvalue weighted by Gasteiger charge is -1.99. The average molecular weight is 438 g/mol. The standard InChI is InChI=1S/C9H10N2O3S.C8H8N2O3S/c1-3-13-9-8(15-5(2)10-9)6-4-7(12)14-11-6;1-4-9-8(12-2)7(14-4)5-3-6(11)13-10-5/h3-4H2,1-2H3;3H2,1-2H3. The summed E-state index contributed by atoms with van der Waals surface area (Å²) in [6.45, 7) is 6.18. The van der Waals surface area contributed by atoms with Gasteiger partial charge in [0.15, 0.2) is 0 Å². The van der Waals surface area contributed by atoms with Crippen LogP contribution < -0.4 is 9.47 Å². The van der Waals surface area contributed by atoms with Crippen LogP contribution in [-0.4, -0.2) is 47.0 Å². The highest BCUT2D eigenvalue weighted by molar-refractivity contribution is 7.14. The highest BCUT2D eigenvalue weighted by Gasteiger charge is 2.25. The van der Waals surface area contributed by atoms with Gasteiger partial charge in [0.05, 0.1) is 36.6 Å². The summed E-state index contributed by atoms with van der Waals surface area (Å²) in [5.41, 5.74) is 1.20.